The van der Waals surface area contributed by atoms with Crippen LogP contribution >= 0.6 is 0 Å². The van der Waals surface area contributed by atoms with Crippen molar-refractivity contribution in [3.8, 4) is 0 Å². The van der Waals surface area contributed by atoms with Crippen LogP contribution in [0.2, 0.25) is 0 Å². The lowest BCUT2D eigenvalue weighted by Crippen LogP contribution is -2.13. The van der Waals surface area contributed by atoms with Gasteiger partial charge in [-0.15, -0.1) is 5.73 Å². The highest BCUT2D eigenvalue weighted by Crippen LogP contribution is 2.41. The maximum Gasteiger partial charge on any atom is 0.0847 e. The van der Waals surface area contributed by atoms with Crippen molar-refractivity contribution in [3.05, 3.63) is 16.9 Å². The SMILES string of the molecule is CC(C)=C=C(C)C1CCC2OC2C1. The van der Waals surface area contributed by atoms with E-state index in [4.69, 9.17) is 4.74 Å². The fourth-order valence-corrected chi connectivity index (χ4v) is 2.29. The highest BCUT2D eigenvalue weighted by Gasteiger charge is 2.44. The highest BCUT2D eigenvalue weighted by atomic mass is 16.6. The molecule has 0 aromatic rings. The second kappa shape index (κ2) is 3.32. The molecule has 13 heavy (non-hydrogen) atoms. The van der Waals surface area contributed by atoms with Crippen molar-refractivity contribution >= 4 is 0 Å². The van der Waals surface area contributed by atoms with Crippen molar-refractivity contribution in [2.45, 2.75) is 52.2 Å². The van der Waals surface area contributed by atoms with Crippen LogP contribution in [0.5, 0.6) is 0 Å². The van der Waals surface area contributed by atoms with Crippen molar-refractivity contribution in [1.82, 2.24) is 0 Å². The molecule has 1 aliphatic heterocycles. The zero-order valence-electron chi connectivity index (χ0n) is 8.76. The Hall–Kier alpha value is -0.520. The molecule has 0 spiro atoms. The lowest BCUT2D eigenvalue weighted by Gasteiger charge is -2.18. The zero-order valence-corrected chi connectivity index (χ0v) is 8.76. The molecule has 0 amide bonds. The Morgan fingerprint density at radius 2 is 1.92 bits per heavy atom. The first-order valence-electron chi connectivity index (χ1n) is 5.23. The highest BCUT2D eigenvalue weighted by molar-refractivity contribution is 5.10. The number of hydrogen-bond donors (Lipinski definition) is 0. The van der Waals surface area contributed by atoms with Gasteiger partial charge in [0.05, 0.1) is 12.2 Å². The summed E-state index contributed by atoms with van der Waals surface area (Å²) in [5, 5.41) is 0. The van der Waals surface area contributed by atoms with E-state index < -0.39 is 0 Å². The number of rotatable bonds is 1. The van der Waals surface area contributed by atoms with Crippen LogP contribution in [0.3, 0.4) is 0 Å². The summed E-state index contributed by atoms with van der Waals surface area (Å²) < 4.78 is 5.52. The van der Waals surface area contributed by atoms with Gasteiger partial charge in [0.25, 0.3) is 0 Å². The predicted octanol–water partition coefficient (Wildman–Crippen LogP) is 3.07. The van der Waals surface area contributed by atoms with Crippen LogP contribution in [-0.2, 0) is 4.74 Å². The maximum atomic E-state index is 5.52. The first kappa shape index (κ1) is 9.05. The third-order valence-electron chi connectivity index (χ3n) is 3.06. The number of allylic oxidation sites excluding steroid dienone is 1. The fraction of sp³-hybridized carbons (Fsp3) is 0.750. The molecule has 2 fully saturated rings. The van der Waals surface area contributed by atoms with Crippen molar-refractivity contribution in [2.24, 2.45) is 5.92 Å². The van der Waals surface area contributed by atoms with Gasteiger partial charge in [0.2, 0.25) is 0 Å². The minimum Gasteiger partial charge on any atom is -0.370 e. The Bertz CT molecular complexity index is 267. The van der Waals surface area contributed by atoms with Crippen LogP contribution in [0, 0.1) is 5.92 Å². The molecule has 2 rings (SSSR count). The Morgan fingerprint density at radius 1 is 1.15 bits per heavy atom. The van der Waals surface area contributed by atoms with Gasteiger partial charge in [-0.05, 0) is 57.1 Å². The average Bonchev–Trinajstić information content (AvgIpc) is 2.79. The first-order chi connectivity index (χ1) is 6.16. The Balaban J connectivity index is 2.04. The second-order valence-electron chi connectivity index (χ2n) is 4.53. The van der Waals surface area contributed by atoms with Crippen LogP contribution in [0.4, 0.5) is 0 Å². The number of epoxide rings is 1. The summed E-state index contributed by atoms with van der Waals surface area (Å²) in [7, 11) is 0. The van der Waals surface area contributed by atoms with E-state index in [0.29, 0.717) is 12.2 Å². The van der Waals surface area contributed by atoms with E-state index in [9.17, 15) is 0 Å². The van der Waals surface area contributed by atoms with Crippen LogP contribution < -0.4 is 0 Å². The fourth-order valence-electron chi connectivity index (χ4n) is 2.29. The largest absolute Gasteiger partial charge is 0.370 e. The molecule has 3 unspecified atom stereocenters. The molecule has 1 heterocycles. The van der Waals surface area contributed by atoms with Gasteiger partial charge in [0.15, 0.2) is 0 Å². The summed E-state index contributed by atoms with van der Waals surface area (Å²) >= 11 is 0. The second-order valence-corrected chi connectivity index (χ2v) is 4.53. The number of fused-ring (bicyclic) bond motifs is 1. The van der Waals surface area contributed by atoms with E-state index in [2.05, 4.69) is 26.5 Å². The topological polar surface area (TPSA) is 12.5 Å². The standard InChI is InChI=1S/C12H18O/c1-8(2)6-9(3)10-4-5-11-12(7-10)13-11/h10-12H,4-5,7H2,1-3H3. The summed E-state index contributed by atoms with van der Waals surface area (Å²) in [6.07, 6.45) is 5.00. The molecule has 1 nitrogen and oxygen atoms in total. The Morgan fingerprint density at radius 3 is 2.54 bits per heavy atom. The third-order valence-corrected chi connectivity index (χ3v) is 3.06. The Labute approximate surface area is 80.5 Å². The van der Waals surface area contributed by atoms with E-state index in [1.54, 1.807) is 0 Å². The molecular weight excluding hydrogens is 160 g/mol. The molecule has 1 saturated carbocycles. The van der Waals surface area contributed by atoms with E-state index in [-0.39, 0.29) is 0 Å². The molecule has 2 aliphatic rings. The Kier molecular flexibility index (Phi) is 2.31. The van der Waals surface area contributed by atoms with Crippen LogP contribution in [-0.4, -0.2) is 12.2 Å². The molecule has 0 aromatic carbocycles. The van der Waals surface area contributed by atoms with Gasteiger partial charge in [-0.2, -0.15) is 0 Å². The lowest BCUT2D eigenvalue weighted by atomic mass is 9.84. The van der Waals surface area contributed by atoms with Gasteiger partial charge in [-0.1, -0.05) is 0 Å². The van der Waals surface area contributed by atoms with E-state index in [1.165, 1.54) is 30.4 Å². The van der Waals surface area contributed by atoms with Crippen LogP contribution in [0.15, 0.2) is 16.9 Å². The van der Waals surface area contributed by atoms with Gasteiger partial charge < -0.3 is 4.74 Å². The first-order valence-corrected chi connectivity index (χ1v) is 5.23. The van der Waals surface area contributed by atoms with Crippen molar-refractivity contribution in [3.63, 3.8) is 0 Å². The van der Waals surface area contributed by atoms with Gasteiger partial charge in [-0.3, -0.25) is 0 Å². The summed E-state index contributed by atoms with van der Waals surface area (Å²) in [6, 6.07) is 0. The molecule has 72 valence electrons. The molecule has 3 atom stereocenters. The molecule has 1 aliphatic carbocycles. The minimum absolute atomic E-state index is 0.590. The maximum absolute atomic E-state index is 5.52. The summed E-state index contributed by atoms with van der Waals surface area (Å²) in [5.74, 6) is 0.735. The lowest BCUT2D eigenvalue weighted by molar-refractivity contribution is 0.369. The van der Waals surface area contributed by atoms with Crippen molar-refractivity contribution in [1.29, 1.82) is 0 Å². The molecule has 0 N–H and O–H groups in total. The molecule has 1 heteroatoms. The molecule has 1 saturated heterocycles. The summed E-state index contributed by atoms with van der Waals surface area (Å²) in [6.45, 7) is 6.44. The van der Waals surface area contributed by atoms with Gasteiger partial charge in [0.1, 0.15) is 0 Å². The minimum atomic E-state index is 0.590. The zero-order chi connectivity index (χ0) is 9.42. The van der Waals surface area contributed by atoms with E-state index in [0.717, 1.165) is 5.92 Å². The van der Waals surface area contributed by atoms with Gasteiger partial charge in [-0.25, -0.2) is 0 Å². The smallest absolute Gasteiger partial charge is 0.0847 e. The monoisotopic (exact) mass is 178 g/mol. The normalized spacial score (nSPS) is 36.1. The molecular formula is C12H18O. The predicted molar refractivity (Wildman–Crippen MR) is 53.6 cm³/mol. The third kappa shape index (κ3) is 2.04. The summed E-state index contributed by atoms with van der Waals surface area (Å²) in [5.41, 5.74) is 6.14. The molecule has 0 radical (unpaired) electrons. The quantitative estimate of drug-likeness (QED) is 0.444. The number of hydrogen-bond acceptors (Lipinski definition) is 1. The van der Waals surface area contributed by atoms with E-state index >= 15 is 0 Å². The molecule has 0 bridgehead atoms. The number of ether oxygens (including phenoxy) is 1. The summed E-state index contributed by atoms with van der Waals surface area (Å²) in [4.78, 5) is 0. The van der Waals surface area contributed by atoms with Crippen molar-refractivity contribution in [2.75, 3.05) is 0 Å². The molecule has 0 aromatic heterocycles. The van der Waals surface area contributed by atoms with Crippen LogP contribution in [0.1, 0.15) is 40.0 Å². The average molecular weight is 178 g/mol. The van der Waals surface area contributed by atoms with Crippen LogP contribution in [0.25, 0.3) is 0 Å². The van der Waals surface area contributed by atoms with E-state index in [1.807, 2.05) is 0 Å². The van der Waals surface area contributed by atoms with Crippen molar-refractivity contribution < 1.29 is 4.74 Å². The van der Waals surface area contributed by atoms with Gasteiger partial charge >= 0.3 is 0 Å². The van der Waals surface area contributed by atoms with Gasteiger partial charge in [0, 0.05) is 0 Å².